The molecule has 0 saturated carbocycles. The zero-order valence-corrected chi connectivity index (χ0v) is 30.6. The molecule has 256 valence electrons. The Kier molecular flexibility index (Phi) is 6.54. The molecule has 3 heteroatoms. The molecule has 0 aliphatic rings. The van der Waals surface area contributed by atoms with Crippen molar-refractivity contribution in [1.29, 1.82) is 0 Å². The monoisotopic (exact) mass is 716 g/mol. The van der Waals surface area contributed by atoms with Gasteiger partial charge in [-0.05, 0) is 93.7 Å². The van der Waals surface area contributed by atoms with Gasteiger partial charge in [0, 0.05) is 48.4 Å². The number of hydrogen-bond acceptors (Lipinski definition) is 1. The average Bonchev–Trinajstić information content (AvgIpc) is 3.91. The molecule has 12 aromatic rings. The summed E-state index contributed by atoms with van der Waals surface area (Å²) in [5.41, 5.74) is 12.2. The van der Waals surface area contributed by atoms with Gasteiger partial charge < -0.3 is 9.13 Å². The molecule has 0 unspecified atom stereocenters. The molecule has 0 radical (unpaired) electrons. The maximum absolute atomic E-state index is 2.52. The molecule has 0 spiro atoms. The van der Waals surface area contributed by atoms with Gasteiger partial charge in [-0.15, -0.1) is 11.3 Å². The Bertz CT molecular complexity index is 3470. The van der Waals surface area contributed by atoms with E-state index in [9.17, 15) is 0 Å². The van der Waals surface area contributed by atoms with Crippen LogP contribution in [0.1, 0.15) is 0 Å². The van der Waals surface area contributed by atoms with E-state index >= 15 is 0 Å². The number of rotatable bonds is 4. The van der Waals surface area contributed by atoms with Crippen molar-refractivity contribution < 1.29 is 0 Å². The lowest BCUT2D eigenvalue weighted by atomic mass is 9.95. The summed E-state index contributed by atoms with van der Waals surface area (Å²) in [7, 11) is 0. The standard InChI is InChI=1S/C52H32N2S/c1-2-12-33(13-3-1)35-22-26-38(27-23-35)53-46-19-9-6-16-40(46)44-31-37(25-29-48(44)53)43-32-45-41-17-8-11-21-49(41)55-52(45)51-50(43)42-18-7-10-20-47(42)54(51)39-28-24-34-14-4-5-15-36(34)30-39/h1-32H. The van der Waals surface area contributed by atoms with Crippen LogP contribution in [-0.2, 0) is 0 Å². The number of para-hydroxylation sites is 2. The zero-order chi connectivity index (χ0) is 36.0. The van der Waals surface area contributed by atoms with Gasteiger partial charge in [0.2, 0.25) is 0 Å². The third kappa shape index (κ3) is 4.54. The van der Waals surface area contributed by atoms with Crippen LogP contribution in [-0.4, -0.2) is 9.13 Å². The van der Waals surface area contributed by atoms with E-state index < -0.39 is 0 Å². The molecule has 0 atom stereocenters. The summed E-state index contributed by atoms with van der Waals surface area (Å²) in [5.74, 6) is 0. The second-order valence-electron chi connectivity index (χ2n) is 14.5. The first-order chi connectivity index (χ1) is 27.3. The molecule has 0 N–H and O–H groups in total. The molecule has 12 rings (SSSR count). The van der Waals surface area contributed by atoms with Gasteiger partial charge in [-0.1, -0.05) is 133 Å². The molecule has 9 aromatic carbocycles. The summed E-state index contributed by atoms with van der Waals surface area (Å²) in [5, 5.41) is 10.2. The van der Waals surface area contributed by atoms with E-state index in [0.717, 1.165) is 5.69 Å². The topological polar surface area (TPSA) is 9.86 Å². The Morgan fingerprint density at radius 1 is 0.345 bits per heavy atom. The van der Waals surface area contributed by atoms with E-state index in [1.165, 1.54) is 102 Å². The first kappa shape index (κ1) is 30.5. The minimum absolute atomic E-state index is 1.16. The summed E-state index contributed by atoms with van der Waals surface area (Å²) in [6.45, 7) is 0. The molecule has 0 amide bonds. The van der Waals surface area contributed by atoms with Crippen molar-refractivity contribution in [2.45, 2.75) is 0 Å². The number of aromatic nitrogens is 2. The fraction of sp³-hybridized carbons (Fsp3) is 0. The maximum atomic E-state index is 2.52. The van der Waals surface area contributed by atoms with Crippen LogP contribution in [0.4, 0.5) is 0 Å². The Morgan fingerprint density at radius 3 is 1.80 bits per heavy atom. The Balaban J connectivity index is 1.15. The molecule has 55 heavy (non-hydrogen) atoms. The number of thiophene rings is 1. The second-order valence-corrected chi connectivity index (χ2v) is 15.6. The minimum Gasteiger partial charge on any atom is -0.309 e. The number of nitrogens with zero attached hydrogens (tertiary/aromatic N) is 2. The van der Waals surface area contributed by atoms with E-state index in [-0.39, 0.29) is 0 Å². The van der Waals surface area contributed by atoms with Crippen molar-refractivity contribution in [3.63, 3.8) is 0 Å². The number of fused-ring (bicyclic) bond motifs is 11. The molecular formula is C52H32N2S. The van der Waals surface area contributed by atoms with E-state index in [0.29, 0.717) is 0 Å². The lowest BCUT2D eigenvalue weighted by Crippen LogP contribution is -1.94. The normalized spacial score (nSPS) is 12.0. The summed E-state index contributed by atoms with van der Waals surface area (Å²) in [6, 6.07) is 71.4. The van der Waals surface area contributed by atoms with E-state index in [2.05, 4.69) is 203 Å². The Hall–Kier alpha value is -6.94. The van der Waals surface area contributed by atoms with Gasteiger partial charge >= 0.3 is 0 Å². The predicted molar refractivity (Wildman–Crippen MR) is 236 cm³/mol. The highest BCUT2D eigenvalue weighted by Crippen LogP contribution is 2.48. The number of benzene rings is 9. The largest absolute Gasteiger partial charge is 0.309 e. The van der Waals surface area contributed by atoms with Crippen LogP contribution in [0, 0.1) is 0 Å². The maximum Gasteiger partial charge on any atom is 0.0726 e. The third-order valence-corrected chi connectivity index (χ3v) is 12.7. The van der Waals surface area contributed by atoms with E-state index in [4.69, 9.17) is 0 Å². The lowest BCUT2D eigenvalue weighted by molar-refractivity contribution is 1.18. The van der Waals surface area contributed by atoms with Crippen LogP contribution in [0.3, 0.4) is 0 Å². The third-order valence-electron chi connectivity index (χ3n) is 11.5. The van der Waals surface area contributed by atoms with Crippen molar-refractivity contribution in [1.82, 2.24) is 9.13 Å². The SMILES string of the molecule is c1ccc(-c2ccc(-n3c4ccccc4c4cc(-c5cc6c7ccccc7sc6c6c5c5ccccc5n6-c5ccc6ccccc6c5)ccc43)cc2)cc1. The van der Waals surface area contributed by atoms with Crippen LogP contribution in [0.15, 0.2) is 194 Å². The van der Waals surface area contributed by atoms with Gasteiger partial charge in [0.05, 0.1) is 26.8 Å². The highest BCUT2D eigenvalue weighted by Gasteiger charge is 2.23. The van der Waals surface area contributed by atoms with Crippen molar-refractivity contribution in [2.24, 2.45) is 0 Å². The molecule has 0 bridgehead atoms. The molecule has 0 fully saturated rings. The van der Waals surface area contributed by atoms with Crippen molar-refractivity contribution in [3.8, 4) is 33.6 Å². The van der Waals surface area contributed by atoms with Gasteiger partial charge in [0.25, 0.3) is 0 Å². The molecule has 0 aliphatic carbocycles. The zero-order valence-electron chi connectivity index (χ0n) is 29.8. The van der Waals surface area contributed by atoms with Gasteiger partial charge in [-0.2, -0.15) is 0 Å². The van der Waals surface area contributed by atoms with Gasteiger partial charge in [-0.25, -0.2) is 0 Å². The van der Waals surface area contributed by atoms with Crippen LogP contribution in [0.25, 0.3) is 108 Å². The van der Waals surface area contributed by atoms with Crippen LogP contribution < -0.4 is 0 Å². The van der Waals surface area contributed by atoms with E-state index in [1.54, 1.807) is 0 Å². The summed E-state index contributed by atoms with van der Waals surface area (Å²) in [4.78, 5) is 0. The van der Waals surface area contributed by atoms with Crippen LogP contribution >= 0.6 is 11.3 Å². The summed E-state index contributed by atoms with van der Waals surface area (Å²) < 4.78 is 7.56. The Labute approximate surface area is 321 Å². The summed E-state index contributed by atoms with van der Waals surface area (Å²) in [6.07, 6.45) is 0. The van der Waals surface area contributed by atoms with Crippen molar-refractivity contribution in [2.75, 3.05) is 0 Å². The quantitative estimate of drug-likeness (QED) is 0.172. The van der Waals surface area contributed by atoms with E-state index in [1.807, 2.05) is 11.3 Å². The van der Waals surface area contributed by atoms with Crippen molar-refractivity contribution in [3.05, 3.63) is 194 Å². The predicted octanol–water partition coefficient (Wildman–Crippen LogP) is 14.7. The molecule has 0 aliphatic heterocycles. The molecular weight excluding hydrogens is 685 g/mol. The molecule has 2 nitrogen and oxygen atoms in total. The minimum atomic E-state index is 1.16. The first-order valence-corrected chi connectivity index (χ1v) is 19.7. The van der Waals surface area contributed by atoms with Crippen molar-refractivity contribution >= 4 is 85.9 Å². The average molecular weight is 717 g/mol. The number of hydrogen-bond donors (Lipinski definition) is 0. The highest BCUT2D eigenvalue weighted by molar-refractivity contribution is 7.26. The molecule has 3 aromatic heterocycles. The summed E-state index contributed by atoms with van der Waals surface area (Å²) >= 11 is 1.90. The highest BCUT2D eigenvalue weighted by atomic mass is 32.1. The second kappa shape index (κ2) is 11.8. The molecule has 0 saturated heterocycles. The molecule has 3 heterocycles. The smallest absolute Gasteiger partial charge is 0.0726 e. The van der Waals surface area contributed by atoms with Gasteiger partial charge in [-0.3, -0.25) is 0 Å². The van der Waals surface area contributed by atoms with Gasteiger partial charge in [0.15, 0.2) is 0 Å². The lowest BCUT2D eigenvalue weighted by Gasteiger charge is -2.12. The Morgan fingerprint density at radius 2 is 0.964 bits per heavy atom. The fourth-order valence-electron chi connectivity index (χ4n) is 8.99. The van der Waals surface area contributed by atoms with Gasteiger partial charge in [0.1, 0.15) is 0 Å². The fourth-order valence-corrected chi connectivity index (χ4v) is 10.2. The van der Waals surface area contributed by atoms with Crippen LogP contribution in [0.5, 0.6) is 0 Å². The first-order valence-electron chi connectivity index (χ1n) is 18.8. The van der Waals surface area contributed by atoms with Crippen LogP contribution in [0.2, 0.25) is 0 Å².